The van der Waals surface area contributed by atoms with Gasteiger partial charge in [0, 0.05) is 24.3 Å². The number of carbonyl (C=O) groups is 1. The Morgan fingerprint density at radius 3 is 2.38 bits per heavy atom. The van der Waals surface area contributed by atoms with E-state index in [4.69, 9.17) is 4.74 Å². The molecule has 1 saturated heterocycles. The van der Waals surface area contributed by atoms with Crippen molar-refractivity contribution in [1.82, 2.24) is 13.7 Å². The van der Waals surface area contributed by atoms with Gasteiger partial charge in [-0.2, -0.15) is 0 Å². The predicted molar refractivity (Wildman–Crippen MR) is 145 cm³/mol. The van der Waals surface area contributed by atoms with Crippen molar-refractivity contribution in [2.24, 2.45) is 7.05 Å². The first-order chi connectivity index (χ1) is 18.7. The first kappa shape index (κ1) is 24.7. The number of cyclic esters (lactones) is 1. The van der Waals surface area contributed by atoms with E-state index in [1.807, 2.05) is 0 Å². The molecule has 1 saturated carbocycles. The van der Waals surface area contributed by atoms with Crippen molar-refractivity contribution < 1.29 is 13.9 Å². The van der Waals surface area contributed by atoms with Gasteiger partial charge in [-0.15, -0.1) is 0 Å². The molecule has 3 heterocycles. The van der Waals surface area contributed by atoms with Gasteiger partial charge in [-0.25, -0.2) is 14.0 Å². The Morgan fingerprint density at radius 1 is 0.974 bits per heavy atom. The second-order valence-electron chi connectivity index (χ2n) is 9.98. The highest BCUT2D eigenvalue weighted by molar-refractivity contribution is 5.94. The third kappa shape index (κ3) is 3.92. The van der Waals surface area contributed by atoms with Crippen LogP contribution in [0.5, 0.6) is 0 Å². The number of aryl methyl sites for hydroxylation is 2. The van der Waals surface area contributed by atoms with Crippen molar-refractivity contribution in [3.8, 4) is 5.69 Å². The van der Waals surface area contributed by atoms with E-state index < -0.39 is 28.7 Å². The molecule has 1 aliphatic heterocycles. The zero-order chi connectivity index (χ0) is 27.6. The smallest absolute Gasteiger partial charge is 0.414 e. The summed E-state index contributed by atoms with van der Waals surface area (Å²) in [4.78, 5) is 54.9. The first-order valence-corrected chi connectivity index (χ1v) is 12.7. The van der Waals surface area contributed by atoms with Gasteiger partial charge in [0.05, 0.1) is 23.4 Å². The molecular formula is C28H26FN5O5. The topological polar surface area (TPSA) is 108 Å². The third-order valence-electron chi connectivity index (χ3n) is 7.29. The van der Waals surface area contributed by atoms with Gasteiger partial charge in [-0.3, -0.25) is 28.2 Å². The summed E-state index contributed by atoms with van der Waals surface area (Å²) in [7, 11) is 1.50. The third-order valence-corrected chi connectivity index (χ3v) is 7.29. The number of anilines is 3. The van der Waals surface area contributed by atoms with E-state index >= 15 is 0 Å². The zero-order valence-corrected chi connectivity index (χ0v) is 21.7. The van der Waals surface area contributed by atoms with Crippen LogP contribution in [0.15, 0.2) is 56.8 Å². The highest BCUT2D eigenvalue weighted by Crippen LogP contribution is 2.34. The van der Waals surface area contributed by atoms with E-state index in [1.165, 1.54) is 37.8 Å². The summed E-state index contributed by atoms with van der Waals surface area (Å²) in [5, 5.41) is 3.05. The highest BCUT2D eigenvalue weighted by atomic mass is 19.1. The van der Waals surface area contributed by atoms with Crippen LogP contribution in [0, 0.1) is 19.7 Å². The second-order valence-corrected chi connectivity index (χ2v) is 9.98. The number of benzene rings is 2. The van der Waals surface area contributed by atoms with Gasteiger partial charge in [0.25, 0.3) is 11.1 Å². The molecule has 6 rings (SSSR count). The number of hydrogen-bond acceptors (Lipinski definition) is 6. The molecule has 0 radical (unpaired) electrons. The molecule has 11 heteroatoms. The van der Waals surface area contributed by atoms with E-state index in [-0.39, 0.29) is 40.6 Å². The first-order valence-electron chi connectivity index (χ1n) is 12.7. The molecule has 2 aromatic carbocycles. The maximum absolute atomic E-state index is 14.9. The maximum Gasteiger partial charge on any atom is 0.414 e. The van der Waals surface area contributed by atoms with Crippen molar-refractivity contribution in [2.75, 3.05) is 23.4 Å². The van der Waals surface area contributed by atoms with Crippen LogP contribution < -0.4 is 27.0 Å². The van der Waals surface area contributed by atoms with Crippen LogP contribution in [0.2, 0.25) is 0 Å². The summed E-state index contributed by atoms with van der Waals surface area (Å²) < 4.78 is 23.7. The Kier molecular flexibility index (Phi) is 5.67. The highest BCUT2D eigenvalue weighted by Gasteiger charge is 2.32. The number of halogens is 1. The molecule has 1 amide bonds. The van der Waals surface area contributed by atoms with Crippen LogP contribution >= 0.6 is 0 Å². The van der Waals surface area contributed by atoms with Crippen molar-refractivity contribution in [3.63, 3.8) is 0 Å². The molecule has 0 spiro atoms. The Balaban J connectivity index is 1.69. The summed E-state index contributed by atoms with van der Waals surface area (Å²) in [6.07, 6.45) is 0.838. The van der Waals surface area contributed by atoms with Crippen LogP contribution in [0.4, 0.5) is 26.4 Å². The molecule has 39 heavy (non-hydrogen) atoms. The SMILES string of the molecule is Cc1ccc(Nc2c3c(=O)n(C4CC4)c(=O)n(-c4cccc(N5CCOC5=O)c4)c3c(C)c(=O)n2C)c(F)c1. The number of nitrogens with one attached hydrogen (secondary N) is 1. The minimum Gasteiger partial charge on any atom is -0.447 e. The second kappa shape index (κ2) is 8.97. The average molecular weight is 532 g/mol. The minimum absolute atomic E-state index is 0.0794. The van der Waals surface area contributed by atoms with E-state index in [1.54, 1.807) is 44.2 Å². The number of ether oxygens (including phenoxy) is 1. The number of hydrogen-bond donors (Lipinski definition) is 1. The lowest BCUT2D eigenvalue weighted by Crippen LogP contribution is -2.41. The molecule has 0 atom stereocenters. The molecule has 1 N–H and O–H groups in total. The largest absolute Gasteiger partial charge is 0.447 e. The number of fused-ring (bicyclic) bond motifs is 1. The quantitative estimate of drug-likeness (QED) is 0.421. The Morgan fingerprint density at radius 2 is 1.72 bits per heavy atom. The number of rotatable bonds is 5. The number of amides is 1. The van der Waals surface area contributed by atoms with E-state index in [0.29, 0.717) is 36.3 Å². The summed E-state index contributed by atoms with van der Waals surface area (Å²) in [6, 6.07) is 11.1. The lowest BCUT2D eigenvalue weighted by molar-refractivity contribution is 0.181. The fraction of sp³-hybridized carbons (Fsp3) is 0.286. The molecule has 0 bridgehead atoms. The van der Waals surface area contributed by atoms with Gasteiger partial charge in [0.15, 0.2) is 0 Å². The van der Waals surface area contributed by atoms with E-state index in [0.717, 1.165) is 0 Å². The van der Waals surface area contributed by atoms with Crippen LogP contribution in [-0.4, -0.2) is 32.9 Å². The van der Waals surface area contributed by atoms with Crippen LogP contribution in [0.3, 0.4) is 0 Å². The Hall–Kier alpha value is -4.67. The van der Waals surface area contributed by atoms with Crippen molar-refractivity contribution >= 4 is 34.2 Å². The van der Waals surface area contributed by atoms with Gasteiger partial charge in [-0.1, -0.05) is 12.1 Å². The summed E-state index contributed by atoms with van der Waals surface area (Å²) in [5.74, 6) is -0.465. The number of carbonyl (C=O) groups excluding carboxylic acids is 1. The lowest BCUT2D eigenvalue weighted by atomic mass is 10.1. The normalized spacial score (nSPS) is 15.2. The Labute approximate surface area is 221 Å². The average Bonchev–Trinajstić information content (AvgIpc) is 3.65. The molecule has 2 aromatic heterocycles. The fourth-order valence-corrected chi connectivity index (χ4v) is 5.13. The molecule has 200 valence electrons. The van der Waals surface area contributed by atoms with Crippen molar-refractivity contribution in [2.45, 2.75) is 32.7 Å². The Bertz CT molecular complexity index is 1870. The van der Waals surface area contributed by atoms with Gasteiger partial charge >= 0.3 is 11.8 Å². The van der Waals surface area contributed by atoms with Crippen molar-refractivity contribution in [1.29, 1.82) is 0 Å². The molecule has 2 fully saturated rings. The van der Waals surface area contributed by atoms with Gasteiger partial charge in [-0.05, 0) is 62.6 Å². The molecule has 2 aliphatic rings. The van der Waals surface area contributed by atoms with E-state index in [2.05, 4.69) is 5.32 Å². The van der Waals surface area contributed by atoms with Gasteiger partial charge < -0.3 is 10.1 Å². The fourth-order valence-electron chi connectivity index (χ4n) is 5.13. The molecule has 4 aromatic rings. The van der Waals surface area contributed by atoms with E-state index in [9.17, 15) is 23.6 Å². The number of nitrogens with zero attached hydrogens (tertiary/aromatic N) is 4. The monoisotopic (exact) mass is 531 g/mol. The standard InChI is InChI=1S/C28H26FN5O5/c1-15-7-10-21(20(29)13-15)30-24-22-23(16(2)25(35)31(24)3)33(27(37)34(26(22)36)17-8-9-17)19-6-4-5-18(14-19)32-11-12-39-28(32)38/h4-7,10,13-14,17,30H,8-9,11-12H2,1-3H3. The van der Waals surface area contributed by atoms with Crippen molar-refractivity contribution in [3.05, 3.63) is 90.6 Å². The lowest BCUT2D eigenvalue weighted by Gasteiger charge is -2.21. The number of pyridine rings is 1. The molecule has 1 aliphatic carbocycles. The minimum atomic E-state index is -0.583. The van der Waals surface area contributed by atoms with Crippen LogP contribution in [-0.2, 0) is 11.8 Å². The number of aromatic nitrogens is 3. The van der Waals surface area contributed by atoms with Crippen LogP contribution in [0.25, 0.3) is 16.6 Å². The molecule has 0 unspecified atom stereocenters. The maximum atomic E-state index is 14.9. The molecular weight excluding hydrogens is 505 g/mol. The summed E-state index contributed by atoms with van der Waals surface area (Å²) >= 11 is 0. The molecule has 10 nitrogen and oxygen atoms in total. The van der Waals surface area contributed by atoms with Gasteiger partial charge in [0.2, 0.25) is 0 Å². The zero-order valence-electron chi connectivity index (χ0n) is 21.7. The summed E-state index contributed by atoms with van der Waals surface area (Å²) in [5.41, 5.74) is 0.418. The van der Waals surface area contributed by atoms with Gasteiger partial charge in [0.1, 0.15) is 23.6 Å². The predicted octanol–water partition coefficient (Wildman–Crippen LogP) is 3.64. The summed E-state index contributed by atoms with van der Waals surface area (Å²) in [6.45, 7) is 3.92. The van der Waals surface area contributed by atoms with Crippen LogP contribution in [0.1, 0.15) is 30.0 Å².